The van der Waals surface area contributed by atoms with Gasteiger partial charge in [-0.05, 0) is 37.1 Å². The van der Waals surface area contributed by atoms with Gasteiger partial charge in [-0.3, -0.25) is 4.90 Å². The third-order valence-corrected chi connectivity index (χ3v) is 4.53. The summed E-state index contributed by atoms with van der Waals surface area (Å²) in [5.41, 5.74) is 0. The van der Waals surface area contributed by atoms with Crippen LogP contribution in [0.5, 0.6) is 0 Å². The lowest BCUT2D eigenvalue weighted by molar-refractivity contribution is 0.104. The molecule has 0 aromatic rings. The van der Waals surface area contributed by atoms with Crippen molar-refractivity contribution in [3.05, 3.63) is 0 Å². The van der Waals surface area contributed by atoms with Crippen LogP contribution in [-0.2, 0) is 0 Å². The van der Waals surface area contributed by atoms with Gasteiger partial charge in [0.1, 0.15) is 0 Å². The van der Waals surface area contributed by atoms with Gasteiger partial charge in [0.15, 0.2) is 0 Å². The number of hydrogen-bond acceptors (Lipinski definition) is 1. The summed E-state index contributed by atoms with van der Waals surface area (Å²) >= 11 is 0. The number of fused-ring (bicyclic) bond motifs is 5. The van der Waals surface area contributed by atoms with Crippen molar-refractivity contribution in [1.82, 2.24) is 4.90 Å². The molecule has 0 aromatic carbocycles. The SMILES string of the molecule is CC1CCCC2C1C1CCN2C1. The summed E-state index contributed by atoms with van der Waals surface area (Å²) in [5, 5.41) is 0. The maximum Gasteiger partial charge on any atom is 0.0129 e. The fraction of sp³-hybridized carbons (Fsp3) is 1.00. The van der Waals surface area contributed by atoms with Crippen LogP contribution in [-0.4, -0.2) is 24.0 Å². The molecule has 1 aliphatic carbocycles. The van der Waals surface area contributed by atoms with Crippen LogP contribution in [0.4, 0.5) is 0 Å². The van der Waals surface area contributed by atoms with E-state index in [1.54, 1.807) is 0 Å². The highest BCUT2D eigenvalue weighted by Gasteiger charge is 2.48. The molecule has 3 aliphatic rings. The maximum absolute atomic E-state index is 2.77. The van der Waals surface area contributed by atoms with E-state index in [9.17, 15) is 0 Å². The topological polar surface area (TPSA) is 3.24 Å². The van der Waals surface area contributed by atoms with Gasteiger partial charge in [-0.15, -0.1) is 0 Å². The molecule has 1 heteroatoms. The molecule has 68 valence electrons. The molecular formula is C11H19N. The molecule has 2 heterocycles. The molecule has 0 spiro atoms. The van der Waals surface area contributed by atoms with E-state index in [-0.39, 0.29) is 0 Å². The first-order chi connectivity index (χ1) is 5.86. The van der Waals surface area contributed by atoms with Gasteiger partial charge in [0.05, 0.1) is 0 Å². The first-order valence-corrected chi connectivity index (χ1v) is 5.60. The number of hydrogen-bond donors (Lipinski definition) is 0. The molecule has 1 nitrogen and oxygen atoms in total. The summed E-state index contributed by atoms with van der Waals surface area (Å²) in [6.07, 6.45) is 6.01. The van der Waals surface area contributed by atoms with E-state index < -0.39 is 0 Å². The Morgan fingerprint density at radius 2 is 2.08 bits per heavy atom. The van der Waals surface area contributed by atoms with Crippen molar-refractivity contribution in [2.45, 2.75) is 38.6 Å². The predicted molar refractivity (Wildman–Crippen MR) is 50.0 cm³/mol. The van der Waals surface area contributed by atoms with Crippen molar-refractivity contribution in [2.75, 3.05) is 13.1 Å². The fourth-order valence-corrected chi connectivity index (χ4v) is 4.05. The molecule has 0 amide bonds. The Kier molecular flexibility index (Phi) is 1.52. The van der Waals surface area contributed by atoms with Crippen molar-refractivity contribution in [3.63, 3.8) is 0 Å². The molecule has 5 unspecified atom stereocenters. The van der Waals surface area contributed by atoms with Gasteiger partial charge in [0.2, 0.25) is 0 Å². The van der Waals surface area contributed by atoms with Crippen LogP contribution in [0.25, 0.3) is 0 Å². The van der Waals surface area contributed by atoms with Gasteiger partial charge >= 0.3 is 0 Å². The first kappa shape index (κ1) is 7.37. The fourth-order valence-electron chi connectivity index (χ4n) is 4.05. The minimum absolute atomic E-state index is 1.01. The van der Waals surface area contributed by atoms with Gasteiger partial charge < -0.3 is 0 Å². The second-order valence-electron chi connectivity index (χ2n) is 5.10. The van der Waals surface area contributed by atoms with Crippen LogP contribution in [0, 0.1) is 17.8 Å². The normalized spacial score (nSPS) is 57.2. The van der Waals surface area contributed by atoms with Gasteiger partial charge in [-0.1, -0.05) is 19.8 Å². The summed E-state index contributed by atoms with van der Waals surface area (Å²) in [6, 6.07) is 1.01. The Labute approximate surface area is 75.1 Å². The zero-order valence-electron chi connectivity index (χ0n) is 8.00. The highest BCUT2D eigenvalue weighted by atomic mass is 15.2. The van der Waals surface area contributed by atoms with Gasteiger partial charge in [0.25, 0.3) is 0 Å². The lowest BCUT2D eigenvalue weighted by Crippen LogP contribution is -2.41. The molecular weight excluding hydrogens is 146 g/mol. The Balaban J connectivity index is 1.86. The van der Waals surface area contributed by atoms with E-state index in [1.165, 1.54) is 38.8 Å². The molecule has 12 heavy (non-hydrogen) atoms. The monoisotopic (exact) mass is 165 g/mol. The van der Waals surface area contributed by atoms with E-state index in [2.05, 4.69) is 11.8 Å². The second-order valence-corrected chi connectivity index (χ2v) is 5.10. The van der Waals surface area contributed by atoms with Crippen molar-refractivity contribution < 1.29 is 0 Å². The molecule has 0 aromatic heterocycles. The minimum atomic E-state index is 1.01. The van der Waals surface area contributed by atoms with Gasteiger partial charge in [-0.25, -0.2) is 0 Å². The first-order valence-electron chi connectivity index (χ1n) is 5.60. The van der Waals surface area contributed by atoms with Crippen LogP contribution >= 0.6 is 0 Å². The lowest BCUT2D eigenvalue weighted by Gasteiger charge is -2.40. The smallest absolute Gasteiger partial charge is 0.0129 e. The molecule has 2 aliphatic heterocycles. The van der Waals surface area contributed by atoms with E-state index in [4.69, 9.17) is 0 Å². The lowest BCUT2D eigenvalue weighted by atomic mass is 9.71. The zero-order valence-corrected chi connectivity index (χ0v) is 8.00. The number of nitrogens with zero attached hydrogens (tertiary/aromatic N) is 1. The summed E-state index contributed by atoms with van der Waals surface area (Å²) in [6.45, 7) is 5.34. The quantitative estimate of drug-likeness (QED) is 0.531. The average Bonchev–Trinajstić information content (AvgIpc) is 2.64. The molecule has 3 fully saturated rings. The van der Waals surface area contributed by atoms with E-state index >= 15 is 0 Å². The zero-order chi connectivity index (χ0) is 8.13. The molecule has 0 N–H and O–H groups in total. The molecule has 0 radical (unpaired) electrons. The molecule has 5 atom stereocenters. The predicted octanol–water partition coefficient (Wildman–Crippen LogP) is 2.13. The molecule has 2 bridgehead atoms. The van der Waals surface area contributed by atoms with E-state index in [0.717, 1.165) is 23.8 Å². The highest BCUT2D eigenvalue weighted by Crippen LogP contribution is 2.47. The maximum atomic E-state index is 2.77. The van der Waals surface area contributed by atoms with Crippen molar-refractivity contribution in [3.8, 4) is 0 Å². The van der Waals surface area contributed by atoms with Crippen LogP contribution < -0.4 is 0 Å². The third kappa shape index (κ3) is 0.834. The van der Waals surface area contributed by atoms with Crippen molar-refractivity contribution in [2.24, 2.45) is 17.8 Å². The Morgan fingerprint density at radius 1 is 1.17 bits per heavy atom. The van der Waals surface area contributed by atoms with Gasteiger partial charge in [-0.2, -0.15) is 0 Å². The van der Waals surface area contributed by atoms with Crippen LogP contribution in [0.15, 0.2) is 0 Å². The molecule has 1 saturated carbocycles. The standard InChI is InChI=1S/C11H19N/c1-8-3-2-4-10-11(8)9-5-6-12(10)7-9/h8-11H,2-7H2,1H3. The van der Waals surface area contributed by atoms with Crippen molar-refractivity contribution >= 4 is 0 Å². The van der Waals surface area contributed by atoms with Crippen LogP contribution in [0.2, 0.25) is 0 Å². The highest BCUT2D eigenvalue weighted by molar-refractivity contribution is 5.01. The summed E-state index contributed by atoms with van der Waals surface area (Å²) in [4.78, 5) is 2.77. The van der Waals surface area contributed by atoms with Crippen LogP contribution in [0.3, 0.4) is 0 Å². The summed E-state index contributed by atoms with van der Waals surface area (Å²) in [7, 11) is 0. The average molecular weight is 165 g/mol. The largest absolute Gasteiger partial charge is 0.300 e. The Hall–Kier alpha value is -0.0400. The summed E-state index contributed by atoms with van der Waals surface area (Å²) < 4.78 is 0. The van der Waals surface area contributed by atoms with Crippen LogP contribution in [0.1, 0.15) is 32.6 Å². The second kappa shape index (κ2) is 2.47. The minimum Gasteiger partial charge on any atom is -0.300 e. The third-order valence-electron chi connectivity index (χ3n) is 4.53. The Morgan fingerprint density at radius 3 is 2.92 bits per heavy atom. The van der Waals surface area contributed by atoms with Crippen molar-refractivity contribution in [1.29, 1.82) is 0 Å². The van der Waals surface area contributed by atoms with Gasteiger partial charge in [0, 0.05) is 12.6 Å². The number of piperidine rings is 1. The molecule has 2 saturated heterocycles. The molecule has 3 rings (SSSR count). The number of rotatable bonds is 0. The van der Waals surface area contributed by atoms with E-state index in [0.29, 0.717) is 0 Å². The van der Waals surface area contributed by atoms with E-state index in [1.807, 2.05) is 0 Å². The Bertz CT molecular complexity index is 189. The summed E-state index contributed by atoms with van der Waals surface area (Å²) in [5.74, 6) is 3.21.